The molecule has 9 nitrogen and oxygen atoms in total. The summed E-state index contributed by atoms with van der Waals surface area (Å²) in [6.45, 7) is 0. The molecule has 1 aromatic carbocycles. The van der Waals surface area contributed by atoms with E-state index in [9.17, 15) is 9.59 Å². The predicted octanol–water partition coefficient (Wildman–Crippen LogP) is 2.25. The van der Waals surface area contributed by atoms with Crippen molar-refractivity contribution in [2.75, 3.05) is 31.1 Å². The third-order valence-electron chi connectivity index (χ3n) is 3.65. The molecule has 0 radical (unpaired) electrons. The van der Waals surface area contributed by atoms with Crippen LogP contribution in [-0.2, 0) is 9.53 Å². The number of nitrogens with two attached hydrogens (primary N) is 1. The van der Waals surface area contributed by atoms with Crippen LogP contribution >= 0.6 is 23.1 Å². The van der Waals surface area contributed by atoms with Gasteiger partial charge in [0.15, 0.2) is 5.82 Å². The Labute approximate surface area is 168 Å². The number of carbonyl (C=O) groups is 2. The van der Waals surface area contributed by atoms with Crippen LogP contribution in [-0.4, -0.2) is 46.7 Å². The van der Waals surface area contributed by atoms with Gasteiger partial charge in [0.05, 0.1) is 31.2 Å². The number of nitrogen functional groups attached to an aromatic ring is 1. The molecule has 0 saturated heterocycles. The number of rotatable bonds is 7. The molecule has 3 rings (SSSR count). The molecule has 0 aliphatic rings. The summed E-state index contributed by atoms with van der Waals surface area (Å²) in [6, 6.07) is 8.94. The number of nitrogens with one attached hydrogen (secondary N) is 1. The van der Waals surface area contributed by atoms with Crippen LogP contribution in [0.5, 0.6) is 5.75 Å². The second-order valence-corrected chi connectivity index (χ2v) is 7.23. The third-order valence-corrected chi connectivity index (χ3v) is 5.49. The summed E-state index contributed by atoms with van der Waals surface area (Å²) in [4.78, 5) is 24.2. The lowest BCUT2D eigenvalue weighted by Crippen LogP contribution is -2.17. The summed E-state index contributed by atoms with van der Waals surface area (Å²) >= 11 is 2.32. The quantitative estimate of drug-likeness (QED) is 0.340. The van der Waals surface area contributed by atoms with Crippen molar-refractivity contribution in [3.05, 3.63) is 40.6 Å². The van der Waals surface area contributed by atoms with Crippen molar-refractivity contribution in [1.82, 2.24) is 14.9 Å². The van der Waals surface area contributed by atoms with Crippen LogP contribution in [0.1, 0.15) is 9.67 Å². The number of thiophene rings is 1. The molecule has 0 bridgehead atoms. The van der Waals surface area contributed by atoms with Gasteiger partial charge in [-0.1, -0.05) is 23.9 Å². The number of methoxy groups -OCH3 is 2. The minimum Gasteiger partial charge on any atom is -0.496 e. The topological polar surface area (TPSA) is 121 Å². The smallest absolute Gasteiger partial charge is 0.350 e. The van der Waals surface area contributed by atoms with E-state index in [0.717, 1.165) is 11.8 Å². The van der Waals surface area contributed by atoms with Crippen LogP contribution in [0.4, 0.5) is 5.69 Å². The fraction of sp³-hybridized carbons (Fsp3) is 0.176. The standard InChI is InChI=1S/C17H17N5O4S2/c1-25-12-6-4-3-5-10(12)15-20-21-17(22(15)18)28-9-13(23)19-11-7-8-27-14(11)16(24)26-2/h3-8H,9,18H2,1-2H3,(H,19,23). The molecule has 146 valence electrons. The molecular weight excluding hydrogens is 402 g/mol. The average molecular weight is 419 g/mol. The predicted molar refractivity (Wildman–Crippen MR) is 107 cm³/mol. The summed E-state index contributed by atoms with van der Waals surface area (Å²) in [5.41, 5.74) is 1.10. The summed E-state index contributed by atoms with van der Waals surface area (Å²) < 4.78 is 11.3. The molecule has 0 spiro atoms. The molecule has 28 heavy (non-hydrogen) atoms. The zero-order valence-electron chi connectivity index (χ0n) is 15.0. The number of hydrogen-bond donors (Lipinski definition) is 2. The number of benzene rings is 1. The molecule has 2 heterocycles. The van der Waals surface area contributed by atoms with E-state index in [1.165, 1.54) is 23.1 Å². The van der Waals surface area contributed by atoms with Gasteiger partial charge in [0.1, 0.15) is 10.6 Å². The molecule has 1 amide bonds. The highest BCUT2D eigenvalue weighted by molar-refractivity contribution is 7.99. The Morgan fingerprint density at radius 3 is 2.79 bits per heavy atom. The van der Waals surface area contributed by atoms with E-state index in [4.69, 9.17) is 15.3 Å². The Hall–Kier alpha value is -3.05. The number of thioether (sulfide) groups is 1. The Balaban J connectivity index is 1.67. The van der Waals surface area contributed by atoms with Gasteiger partial charge < -0.3 is 20.6 Å². The van der Waals surface area contributed by atoms with Gasteiger partial charge in [-0.2, -0.15) is 0 Å². The highest BCUT2D eigenvalue weighted by atomic mass is 32.2. The highest BCUT2D eigenvalue weighted by Crippen LogP contribution is 2.29. The summed E-state index contributed by atoms with van der Waals surface area (Å²) in [5.74, 6) is 6.35. The fourth-order valence-electron chi connectivity index (χ4n) is 2.36. The Morgan fingerprint density at radius 2 is 2.04 bits per heavy atom. The van der Waals surface area contributed by atoms with Crippen LogP contribution in [0.3, 0.4) is 0 Å². The first kappa shape index (κ1) is 19.7. The van der Waals surface area contributed by atoms with Crippen molar-refractivity contribution >= 4 is 40.7 Å². The monoisotopic (exact) mass is 419 g/mol. The number of ether oxygens (including phenoxy) is 2. The van der Waals surface area contributed by atoms with Gasteiger partial charge >= 0.3 is 5.97 Å². The lowest BCUT2D eigenvalue weighted by Gasteiger charge is -2.08. The van der Waals surface area contributed by atoms with E-state index in [-0.39, 0.29) is 11.7 Å². The maximum absolute atomic E-state index is 12.2. The number of amides is 1. The van der Waals surface area contributed by atoms with Crippen molar-refractivity contribution in [3.8, 4) is 17.1 Å². The lowest BCUT2D eigenvalue weighted by atomic mass is 10.2. The Bertz CT molecular complexity index is 1000. The minimum absolute atomic E-state index is 0.0394. The molecular formula is C17H17N5O4S2. The molecule has 0 unspecified atom stereocenters. The molecule has 0 saturated carbocycles. The van der Waals surface area contributed by atoms with Gasteiger partial charge in [0, 0.05) is 0 Å². The van der Waals surface area contributed by atoms with E-state index in [0.29, 0.717) is 32.9 Å². The normalized spacial score (nSPS) is 10.5. The number of nitrogens with zero attached hydrogens (tertiary/aromatic N) is 3. The van der Waals surface area contributed by atoms with Crippen molar-refractivity contribution < 1.29 is 19.1 Å². The first-order chi connectivity index (χ1) is 13.5. The average Bonchev–Trinajstić information content (AvgIpc) is 3.32. The maximum atomic E-state index is 12.2. The number of para-hydroxylation sites is 1. The second-order valence-electron chi connectivity index (χ2n) is 5.37. The van der Waals surface area contributed by atoms with E-state index in [1.54, 1.807) is 24.6 Å². The SMILES string of the molecule is COC(=O)c1sccc1NC(=O)CSc1nnc(-c2ccccc2OC)n1N. The van der Waals surface area contributed by atoms with Gasteiger partial charge in [-0.15, -0.1) is 21.5 Å². The zero-order valence-corrected chi connectivity index (χ0v) is 16.7. The van der Waals surface area contributed by atoms with Crippen LogP contribution in [0.2, 0.25) is 0 Å². The lowest BCUT2D eigenvalue weighted by molar-refractivity contribution is -0.113. The first-order valence-corrected chi connectivity index (χ1v) is 9.84. The molecule has 3 N–H and O–H groups in total. The zero-order chi connectivity index (χ0) is 20.1. The van der Waals surface area contributed by atoms with Crippen molar-refractivity contribution in [2.24, 2.45) is 0 Å². The summed E-state index contributed by atoms with van der Waals surface area (Å²) in [7, 11) is 2.85. The maximum Gasteiger partial charge on any atom is 0.350 e. The molecule has 11 heteroatoms. The Morgan fingerprint density at radius 1 is 1.25 bits per heavy atom. The van der Waals surface area contributed by atoms with E-state index < -0.39 is 5.97 Å². The van der Waals surface area contributed by atoms with Crippen molar-refractivity contribution in [3.63, 3.8) is 0 Å². The summed E-state index contributed by atoms with van der Waals surface area (Å²) in [5, 5.41) is 12.9. The number of carbonyl (C=O) groups excluding carboxylic acids is 2. The van der Waals surface area contributed by atoms with E-state index in [2.05, 4.69) is 15.5 Å². The molecule has 2 aromatic heterocycles. The van der Waals surface area contributed by atoms with Crippen LogP contribution in [0.15, 0.2) is 40.9 Å². The van der Waals surface area contributed by atoms with Gasteiger partial charge in [-0.25, -0.2) is 9.47 Å². The molecule has 0 aliphatic carbocycles. The third kappa shape index (κ3) is 4.10. The van der Waals surface area contributed by atoms with Crippen LogP contribution in [0.25, 0.3) is 11.4 Å². The van der Waals surface area contributed by atoms with E-state index >= 15 is 0 Å². The molecule has 3 aromatic rings. The fourth-order valence-corrected chi connectivity index (χ4v) is 3.79. The number of aromatic nitrogens is 3. The Kier molecular flexibility index (Phi) is 6.16. The van der Waals surface area contributed by atoms with Gasteiger partial charge in [-0.3, -0.25) is 4.79 Å². The highest BCUT2D eigenvalue weighted by Gasteiger charge is 2.18. The molecule has 0 aliphatic heterocycles. The van der Waals surface area contributed by atoms with Gasteiger partial charge in [0.25, 0.3) is 0 Å². The van der Waals surface area contributed by atoms with Gasteiger partial charge in [-0.05, 0) is 23.6 Å². The summed E-state index contributed by atoms with van der Waals surface area (Å²) in [6.07, 6.45) is 0. The van der Waals surface area contributed by atoms with E-state index in [1.807, 2.05) is 18.2 Å². The first-order valence-electron chi connectivity index (χ1n) is 7.97. The minimum atomic E-state index is -0.499. The number of anilines is 1. The number of hydrogen-bond acceptors (Lipinski definition) is 9. The van der Waals surface area contributed by atoms with Crippen molar-refractivity contribution in [2.45, 2.75) is 5.16 Å². The molecule has 0 fully saturated rings. The van der Waals surface area contributed by atoms with Crippen LogP contribution < -0.4 is 15.9 Å². The largest absolute Gasteiger partial charge is 0.496 e. The molecule has 0 atom stereocenters. The van der Waals surface area contributed by atoms with Gasteiger partial charge in [0.2, 0.25) is 11.1 Å². The van der Waals surface area contributed by atoms with Crippen molar-refractivity contribution in [1.29, 1.82) is 0 Å². The number of esters is 1. The second kappa shape index (κ2) is 8.76. The van der Waals surface area contributed by atoms with Crippen LogP contribution in [0, 0.1) is 0 Å².